The molecule has 0 aliphatic heterocycles. The van der Waals surface area contributed by atoms with Crippen molar-refractivity contribution in [2.75, 3.05) is 0 Å². The fraction of sp³-hybridized carbons (Fsp3) is 0.182. The van der Waals surface area contributed by atoms with Gasteiger partial charge in [0, 0.05) is 6.42 Å². The number of hydrogen-bond acceptors (Lipinski definition) is 1. The van der Waals surface area contributed by atoms with Crippen molar-refractivity contribution in [3.8, 4) is 0 Å². The summed E-state index contributed by atoms with van der Waals surface area (Å²) in [5.74, 6) is -0.757. The molecule has 0 aliphatic rings. The third-order valence-corrected chi connectivity index (χ3v) is 1.84. The van der Waals surface area contributed by atoms with Gasteiger partial charge in [-0.1, -0.05) is 36.9 Å². The molecule has 2 heteroatoms. The van der Waals surface area contributed by atoms with Crippen LogP contribution in [0.2, 0.25) is 0 Å². The van der Waals surface area contributed by atoms with Crippen LogP contribution in [0.5, 0.6) is 0 Å². The smallest absolute Gasteiger partial charge is 0.303 e. The molecule has 0 aromatic heterocycles. The van der Waals surface area contributed by atoms with E-state index in [1.807, 2.05) is 24.3 Å². The highest BCUT2D eigenvalue weighted by molar-refractivity contribution is 5.67. The zero-order valence-corrected chi connectivity index (χ0v) is 7.36. The average Bonchev–Trinajstić information content (AvgIpc) is 2.15. The summed E-state index contributed by atoms with van der Waals surface area (Å²) >= 11 is 0. The number of aryl methyl sites for hydroxylation is 1. The van der Waals surface area contributed by atoms with Crippen LogP contribution < -0.4 is 0 Å². The van der Waals surface area contributed by atoms with Crippen LogP contribution in [0.4, 0.5) is 0 Å². The maximum absolute atomic E-state index is 10.3. The van der Waals surface area contributed by atoms with E-state index in [4.69, 9.17) is 5.11 Å². The van der Waals surface area contributed by atoms with Crippen LogP contribution in [0.25, 0.3) is 6.08 Å². The number of hydrogen-bond donors (Lipinski definition) is 1. The van der Waals surface area contributed by atoms with Crippen LogP contribution in [0.1, 0.15) is 17.5 Å². The molecule has 0 atom stereocenters. The first-order valence-electron chi connectivity index (χ1n) is 4.15. The SMILES string of the molecule is C=Cc1ccc(CCC(=O)O)cc1. The van der Waals surface area contributed by atoms with Gasteiger partial charge >= 0.3 is 5.97 Å². The highest BCUT2D eigenvalue weighted by atomic mass is 16.4. The molecule has 1 aromatic rings. The van der Waals surface area contributed by atoms with E-state index < -0.39 is 5.97 Å². The van der Waals surface area contributed by atoms with Crippen molar-refractivity contribution in [2.45, 2.75) is 12.8 Å². The van der Waals surface area contributed by atoms with E-state index in [1.54, 1.807) is 6.08 Å². The lowest BCUT2D eigenvalue weighted by atomic mass is 10.1. The summed E-state index contributed by atoms with van der Waals surface area (Å²) in [6, 6.07) is 7.73. The lowest BCUT2D eigenvalue weighted by Gasteiger charge is -1.98. The molecule has 0 fully saturated rings. The molecule has 13 heavy (non-hydrogen) atoms. The molecule has 0 saturated heterocycles. The number of aliphatic carboxylic acids is 1. The van der Waals surface area contributed by atoms with Crippen LogP contribution in [-0.2, 0) is 11.2 Å². The third-order valence-electron chi connectivity index (χ3n) is 1.84. The monoisotopic (exact) mass is 176 g/mol. The Morgan fingerprint density at radius 3 is 2.46 bits per heavy atom. The first kappa shape index (κ1) is 9.52. The number of carboxylic acids is 1. The largest absolute Gasteiger partial charge is 0.481 e. The van der Waals surface area contributed by atoms with Crippen LogP contribution in [-0.4, -0.2) is 11.1 Å². The quantitative estimate of drug-likeness (QED) is 0.764. The fourth-order valence-corrected chi connectivity index (χ4v) is 1.07. The Hall–Kier alpha value is -1.57. The Morgan fingerprint density at radius 2 is 2.00 bits per heavy atom. The van der Waals surface area contributed by atoms with Crippen molar-refractivity contribution in [1.82, 2.24) is 0 Å². The van der Waals surface area contributed by atoms with Gasteiger partial charge in [-0.25, -0.2) is 0 Å². The van der Waals surface area contributed by atoms with Crippen LogP contribution in [0.3, 0.4) is 0 Å². The summed E-state index contributed by atoms with van der Waals surface area (Å²) in [5.41, 5.74) is 2.10. The van der Waals surface area contributed by atoms with Crippen molar-refractivity contribution >= 4 is 12.0 Å². The van der Waals surface area contributed by atoms with Crippen molar-refractivity contribution in [1.29, 1.82) is 0 Å². The van der Waals surface area contributed by atoms with Gasteiger partial charge in [0.05, 0.1) is 0 Å². The summed E-state index contributed by atoms with van der Waals surface area (Å²) in [7, 11) is 0. The van der Waals surface area contributed by atoms with Crippen LogP contribution in [0, 0.1) is 0 Å². The van der Waals surface area contributed by atoms with E-state index in [1.165, 1.54) is 0 Å². The minimum absolute atomic E-state index is 0.188. The maximum atomic E-state index is 10.3. The summed E-state index contributed by atoms with van der Waals surface area (Å²) in [6.45, 7) is 3.64. The zero-order valence-electron chi connectivity index (χ0n) is 7.36. The second-order valence-electron chi connectivity index (χ2n) is 2.84. The van der Waals surface area contributed by atoms with E-state index in [2.05, 4.69) is 6.58 Å². The van der Waals surface area contributed by atoms with Gasteiger partial charge in [0.1, 0.15) is 0 Å². The molecule has 0 spiro atoms. The van der Waals surface area contributed by atoms with Crippen molar-refractivity contribution in [3.05, 3.63) is 42.0 Å². The maximum Gasteiger partial charge on any atom is 0.303 e. The second-order valence-corrected chi connectivity index (χ2v) is 2.84. The van der Waals surface area contributed by atoms with Gasteiger partial charge in [0.15, 0.2) is 0 Å². The Labute approximate surface area is 77.5 Å². The molecule has 1 N–H and O–H groups in total. The summed E-state index contributed by atoms with van der Waals surface area (Å²) in [6.07, 6.45) is 2.54. The fourth-order valence-electron chi connectivity index (χ4n) is 1.07. The van der Waals surface area contributed by atoms with Crippen LogP contribution in [0.15, 0.2) is 30.8 Å². The van der Waals surface area contributed by atoms with E-state index in [9.17, 15) is 4.79 Å². The highest BCUT2D eigenvalue weighted by Gasteiger charge is 1.97. The molecular weight excluding hydrogens is 164 g/mol. The van der Waals surface area contributed by atoms with E-state index in [0.29, 0.717) is 6.42 Å². The van der Waals surface area contributed by atoms with Gasteiger partial charge in [-0.3, -0.25) is 4.79 Å². The van der Waals surface area contributed by atoms with Crippen molar-refractivity contribution in [2.24, 2.45) is 0 Å². The summed E-state index contributed by atoms with van der Waals surface area (Å²) in [4.78, 5) is 10.3. The molecule has 0 radical (unpaired) electrons. The molecule has 1 aromatic carbocycles. The molecule has 0 unspecified atom stereocenters. The van der Waals surface area contributed by atoms with Gasteiger partial charge in [-0.05, 0) is 17.5 Å². The van der Waals surface area contributed by atoms with Gasteiger partial charge in [0.25, 0.3) is 0 Å². The topological polar surface area (TPSA) is 37.3 Å². The molecule has 2 nitrogen and oxygen atoms in total. The minimum Gasteiger partial charge on any atom is -0.481 e. The Balaban J connectivity index is 2.59. The predicted molar refractivity (Wildman–Crippen MR) is 52.5 cm³/mol. The second kappa shape index (κ2) is 4.45. The van der Waals surface area contributed by atoms with Gasteiger partial charge in [-0.15, -0.1) is 0 Å². The van der Waals surface area contributed by atoms with E-state index in [-0.39, 0.29) is 6.42 Å². The molecule has 68 valence electrons. The molecule has 1 rings (SSSR count). The van der Waals surface area contributed by atoms with E-state index in [0.717, 1.165) is 11.1 Å². The first-order chi connectivity index (χ1) is 6.22. The standard InChI is InChI=1S/C11H12O2/c1-2-9-3-5-10(6-4-9)7-8-11(12)13/h2-6H,1,7-8H2,(H,12,13). The predicted octanol–water partition coefficient (Wildman–Crippen LogP) is 2.35. The number of benzene rings is 1. The normalized spacial score (nSPS) is 9.54. The van der Waals surface area contributed by atoms with Crippen molar-refractivity contribution < 1.29 is 9.90 Å². The van der Waals surface area contributed by atoms with Gasteiger partial charge in [0.2, 0.25) is 0 Å². The van der Waals surface area contributed by atoms with E-state index >= 15 is 0 Å². The molecular formula is C11H12O2. The minimum atomic E-state index is -0.757. The Morgan fingerprint density at radius 1 is 1.38 bits per heavy atom. The Kier molecular flexibility index (Phi) is 3.26. The molecule has 0 aliphatic carbocycles. The zero-order chi connectivity index (χ0) is 9.68. The Bertz CT molecular complexity index is 298. The highest BCUT2D eigenvalue weighted by Crippen LogP contribution is 2.07. The molecule has 0 bridgehead atoms. The lowest BCUT2D eigenvalue weighted by molar-refractivity contribution is -0.136. The number of carbonyl (C=O) groups is 1. The summed E-state index contributed by atoms with van der Waals surface area (Å²) < 4.78 is 0. The molecule has 0 saturated carbocycles. The molecule has 0 heterocycles. The number of carboxylic acid groups (broad SMARTS) is 1. The molecule has 0 amide bonds. The first-order valence-corrected chi connectivity index (χ1v) is 4.15. The van der Waals surface area contributed by atoms with Crippen LogP contribution >= 0.6 is 0 Å². The summed E-state index contributed by atoms with van der Waals surface area (Å²) in [5, 5.41) is 8.46. The van der Waals surface area contributed by atoms with Gasteiger partial charge in [-0.2, -0.15) is 0 Å². The third kappa shape index (κ3) is 3.11. The van der Waals surface area contributed by atoms with Gasteiger partial charge < -0.3 is 5.11 Å². The average molecular weight is 176 g/mol. The van der Waals surface area contributed by atoms with Crippen molar-refractivity contribution in [3.63, 3.8) is 0 Å². The number of rotatable bonds is 4. The lowest BCUT2D eigenvalue weighted by Crippen LogP contribution is -1.97.